The van der Waals surface area contributed by atoms with Crippen molar-refractivity contribution in [2.24, 2.45) is 5.92 Å². The van der Waals surface area contributed by atoms with Crippen LogP contribution in [0.15, 0.2) is 42.5 Å². The van der Waals surface area contributed by atoms with E-state index in [0.717, 1.165) is 44.8 Å². The largest absolute Gasteiger partial charge is 0.494 e. The minimum atomic E-state index is -0.628. The average Bonchev–Trinajstić information content (AvgIpc) is 3.30. The Kier molecular flexibility index (Phi) is 11.7. The summed E-state index contributed by atoms with van der Waals surface area (Å²) in [7, 11) is 4.12. The number of nitrogens with one attached hydrogen (secondary N) is 2. The van der Waals surface area contributed by atoms with Crippen LogP contribution in [0.3, 0.4) is 0 Å². The molecule has 2 aromatic rings. The molecule has 0 spiro atoms. The number of hydrogen-bond acceptors (Lipinski definition) is 5. The van der Waals surface area contributed by atoms with E-state index in [4.69, 9.17) is 27.9 Å². The van der Waals surface area contributed by atoms with Crippen molar-refractivity contribution in [1.29, 1.82) is 0 Å². The topological polar surface area (TPSA) is 73.9 Å². The summed E-state index contributed by atoms with van der Waals surface area (Å²) in [6, 6.07) is 12.4. The van der Waals surface area contributed by atoms with Gasteiger partial charge in [0.05, 0.1) is 16.7 Å². The molecule has 9 heteroatoms. The van der Waals surface area contributed by atoms with Gasteiger partial charge >= 0.3 is 0 Å². The molecule has 38 heavy (non-hydrogen) atoms. The van der Waals surface area contributed by atoms with Crippen LogP contribution in [0.1, 0.15) is 49.0 Å². The molecule has 2 atom stereocenters. The average molecular weight is 564 g/mol. The zero-order valence-corrected chi connectivity index (χ0v) is 24.3. The highest BCUT2D eigenvalue weighted by Gasteiger charge is 2.28. The lowest BCUT2D eigenvalue weighted by Gasteiger charge is -2.23. The number of ether oxygens (including phenoxy) is 1. The first kappa shape index (κ1) is 30.2. The molecule has 2 N–H and O–H groups in total. The van der Waals surface area contributed by atoms with Crippen molar-refractivity contribution in [2.45, 2.75) is 51.7 Å². The van der Waals surface area contributed by atoms with E-state index in [1.807, 2.05) is 26.0 Å². The third kappa shape index (κ3) is 9.77. The molecule has 0 aromatic heterocycles. The summed E-state index contributed by atoms with van der Waals surface area (Å²) in [6.07, 6.45) is 2.40. The van der Waals surface area contributed by atoms with E-state index in [1.165, 1.54) is 11.6 Å². The Balaban J connectivity index is 1.48. The molecule has 2 amide bonds. The summed E-state index contributed by atoms with van der Waals surface area (Å²) in [4.78, 5) is 30.5. The van der Waals surface area contributed by atoms with Gasteiger partial charge in [-0.2, -0.15) is 0 Å². The number of benzene rings is 2. The second-order valence-electron chi connectivity index (χ2n) is 10.7. The Hall–Kier alpha value is -2.32. The molecule has 1 heterocycles. The van der Waals surface area contributed by atoms with Crippen molar-refractivity contribution in [1.82, 2.24) is 20.4 Å². The number of nitrogens with zero attached hydrogens (tertiary/aromatic N) is 2. The highest BCUT2D eigenvalue weighted by Crippen LogP contribution is 2.23. The fourth-order valence-electron chi connectivity index (χ4n) is 4.50. The second-order valence-corrected chi connectivity index (χ2v) is 11.5. The third-order valence-corrected chi connectivity index (χ3v) is 7.22. The van der Waals surface area contributed by atoms with Crippen LogP contribution in [0, 0.1) is 5.92 Å². The zero-order chi connectivity index (χ0) is 27.7. The van der Waals surface area contributed by atoms with Crippen molar-refractivity contribution < 1.29 is 14.3 Å². The van der Waals surface area contributed by atoms with Gasteiger partial charge in [-0.3, -0.25) is 14.5 Å². The Bertz CT molecular complexity index is 1060. The van der Waals surface area contributed by atoms with E-state index in [9.17, 15) is 9.59 Å². The van der Waals surface area contributed by atoms with Crippen LogP contribution < -0.4 is 15.4 Å². The number of carbonyl (C=O) groups is 2. The summed E-state index contributed by atoms with van der Waals surface area (Å²) in [5, 5.41) is 6.72. The van der Waals surface area contributed by atoms with Gasteiger partial charge in [0.1, 0.15) is 11.8 Å². The molecular formula is C29H40Cl2N4O3. The van der Waals surface area contributed by atoms with Crippen LogP contribution in [-0.2, 0) is 11.3 Å². The number of likely N-dealkylation sites (tertiary alicyclic amines) is 1. The summed E-state index contributed by atoms with van der Waals surface area (Å²) in [5.41, 5.74) is 1.59. The first-order valence-corrected chi connectivity index (χ1v) is 14.0. The van der Waals surface area contributed by atoms with Gasteiger partial charge in [-0.25, -0.2) is 0 Å². The Morgan fingerprint density at radius 1 is 1.11 bits per heavy atom. The third-order valence-electron chi connectivity index (χ3n) is 6.48. The predicted molar refractivity (Wildman–Crippen MR) is 154 cm³/mol. The van der Waals surface area contributed by atoms with E-state index >= 15 is 0 Å². The van der Waals surface area contributed by atoms with Crippen molar-refractivity contribution in [3.8, 4) is 5.75 Å². The van der Waals surface area contributed by atoms with Crippen LogP contribution in [0.2, 0.25) is 10.0 Å². The molecule has 1 saturated heterocycles. The molecule has 1 aliphatic rings. The number of carbonyl (C=O) groups excluding carboxylic acids is 2. The molecular weight excluding hydrogens is 523 g/mol. The summed E-state index contributed by atoms with van der Waals surface area (Å²) in [6.45, 7) is 8.26. The normalized spacial score (nSPS) is 16.6. The minimum absolute atomic E-state index is 0.0401. The zero-order valence-electron chi connectivity index (χ0n) is 22.8. The molecule has 0 unspecified atom stereocenters. The maximum Gasteiger partial charge on any atom is 0.251 e. The fourth-order valence-corrected chi connectivity index (χ4v) is 4.80. The van der Waals surface area contributed by atoms with Crippen molar-refractivity contribution in [2.75, 3.05) is 40.3 Å². The highest BCUT2D eigenvalue weighted by atomic mass is 35.5. The van der Waals surface area contributed by atoms with Crippen LogP contribution >= 0.6 is 23.2 Å². The molecule has 7 nitrogen and oxygen atoms in total. The fraction of sp³-hybridized carbons (Fsp3) is 0.517. The number of hydrogen-bond donors (Lipinski definition) is 2. The molecule has 0 bridgehead atoms. The molecule has 0 aliphatic carbocycles. The van der Waals surface area contributed by atoms with E-state index in [-0.39, 0.29) is 23.8 Å². The van der Waals surface area contributed by atoms with Crippen LogP contribution in [0.25, 0.3) is 0 Å². The molecule has 1 fully saturated rings. The van der Waals surface area contributed by atoms with E-state index in [1.54, 1.807) is 12.1 Å². The molecule has 1 aliphatic heterocycles. The minimum Gasteiger partial charge on any atom is -0.494 e. The van der Waals surface area contributed by atoms with Crippen molar-refractivity contribution in [3.05, 3.63) is 63.6 Å². The highest BCUT2D eigenvalue weighted by molar-refractivity contribution is 6.42. The second kappa shape index (κ2) is 14.7. The molecule has 208 valence electrons. The van der Waals surface area contributed by atoms with Gasteiger partial charge in [0.25, 0.3) is 5.91 Å². The van der Waals surface area contributed by atoms with Gasteiger partial charge in [0, 0.05) is 37.8 Å². The lowest BCUT2D eigenvalue weighted by molar-refractivity contribution is -0.124. The van der Waals surface area contributed by atoms with Gasteiger partial charge in [-0.1, -0.05) is 49.2 Å². The summed E-state index contributed by atoms with van der Waals surface area (Å²) < 4.78 is 5.83. The summed E-state index contributed by atoms with van der Waals surface area (Å²) >= 11 is 12.0. The first-order valence-electron chi connectivity index (χ1n) is 13.3. The van der Waals surface area contributed by atoms with Crippen LogP contribution in [0.4, 0.5) is 0 Å². The number of halogens is 2. The van der Waals surface area contributed by atoms with E-state index < -0.39 is 6.04 Å². The van der Waals surface area contributed by atoms with Gasteiger partial charge in [-0.05, 0) is 75.2 Å². The quantitative estimate of drug-likeness (QED) is 0.341. The molecule has 3 rings (SSSR count). The Labute approximate surface area is 236 Å². The SMILES string of the molecule is CC(C)C[C@H](NC(=O)c1ccc(Cl)c(Cl)c1)C(=O)N[C@H]1CCN(Cc2ccc(OCCCN(C)C)cc2)C1. The van der Waals surface area contributed by atoms with Crippen molar-refractivity contribution >= 4 is 35.0 Å². The van der Waals surface area contributed by atoms with Crippen LogP contribution in [0.5, 0.6) is 5.75 Å². The van der Waals surface area contributed by atoms with Crippen molar-refractivity contribution in [3.63, 3.8) is 0 Å². The number of rotatable bonds is 13. The van der Waals surface area contributed by atoms with Gasteiger partial charge in [0.2, 0.25) is 5.91 Å². The molecule has 0 radical (unpaired) electrons. The Morgan fingerprint density at radius 2 is 1.84 bits per heavy atom. The van der Waals surface area contributed by atoms with Crippen LogP contribution in [-0.4, -0.2) is 74.0 Å². The lowest BCUT2D eigenvalue weighted by Crippen LogP contribution is -2.50. The van der Waals surface area contributed by atoms with E-state index in [0.29, 0.717) is 28.6 Å². The monoisotopic (exact) mass is 562 g/mol. The smallest absolute Gasteiger partial charge is 0.251 e. The first-order chi connectivity index (χ1) is 18.1. The van der Waals surface area contributed by atoms with Gasteiger partial charge in [0.15, 0.2) is 0 Å². The molecule has 0 saturated carbocycles. The van der Waals surface area contributed by atoms with Gasteiger partial charge < -0.3 is 20.3 Å². The predicted octanol–water partition coefficient (Wildman–Crippen LogP) is 4.86. The standard InChI is InChI=1S/C29H40Cl2N4O3/c1-20(2)16-27(33-28(36)22-8-11-25(30)26(31)17-22)29(37)32-23-12-14-35(19-23)18-21-6-9-24(10-7-21)38-15-5-13-34(3)4/h6-11,17,20,23,27H,5,12-16,18-19H2,1-4H3,(H,32,37)(H,33,36)/t23-,27-/m0/s1. The summed E-state index contributed by atoms with van der Waals surface area (Å²) in [5.74, 6) is 0.621. The lowest BCUT2D eigenvalue weighted by atomic mass is 10.0. The van der Waals surface area contributed by atoms with E-state index in [2.05, 4.69) is 46.7 Å². The van der Waals surface area contributed by atoms with Gasteiger partial charge in [-0.15, -0.1) is 0 Å². The molecule has 2 aromatic carbocycles. The number of amides is 2. The maximum atomic E-state index is 13.2. The Morgan fingerprint density at radius 3 is 2.50 bits per heavy atom. The maximum absolute atomic E-state index is 13.2.